The number of halogens is 8. The highest BCUT2D eigenvalue weighted by molar-refractivity contribution is 7.71. The van der Waals surface area contributed by atoms with E-state index in [9.17, 15) is 78.3 Å². The summed E-state index contributed by atoms with van der Waals surface area (Å²) in [7, 11) is -18.1. The second kappa shape index (κ2) is 36.6. The normalized spacial score (nSPS) is 35.3. The predicted molar refractivity (Wildman–Crippen MR) is 425 cm³/mol. The summed E-state index contributed by atoms with van der Waals surface area (Å²) >= 11 is 37.8. The zero-order valence-electron chi connectivity index (χ0n) is 69.2. The third-order valence-corrected chi connectivity index (χ3v) is 25.8. The lowest BCUT2D eigenvalue weighted by atomic mass is 10.1. The molecule has 4 saturated heterocycles. The van der Waals surface area contributed by atoms with E-state index in [1.54, 1.807) is 100 Å². The number of carbonyl (C=O) groups is 1. The molecule has 0 spiro atoms. The number of benzene rings is 4. The van der Waals surface area contributed by atoms with E-state index < -0.39 is 197 Å². The molecule has 0 bridgehead atoms. The molecule has 4 unspecified atom stereocenters. The van der Waals surface area contributed by atoms with Gasteiger partial charge in [0.2, 0.25) is 0 Å². The van der Waals surface area contributed by atoms with Crippen molar-refractivity contribution >= 4 is 120 Å². The number of para-hydroxylation sites is 4. The number of hydrogen-bond acceptors (Lipinski definition) is 36. The minimum absolute atomic E-state index is 0.0867. The van der Waals surface area contributed by atoms with Crippen molar-refractivity contribution in [1.29, 1.82) is 0 Å². The number of aromatic nitrogens is 6. The monoisotopic (exact) mass is 1960 g/mol. The maximum Gasteiger partial charge on any atom is 0.530 e. The number of hydrogen-bond donors (Lipinski definition) is 12. The molecule has 3 aromatic heterocycles. The van der Waals surface area contributed by atoms with Crippen molar-refractivity contribution < 1.29 is 163 Å². The Hall–Kier alpha value is -6.87. The Morgan fingerprint density at radius 3 is 1.16 bits per heavy atom. The Kier molecular flexibility index (Phi) is 25.5. The topological polar surface area (TPSA) is 524 Å². The lowest BCUT2D eigenvalue weighted by Gasteiger charge is -2.33. The van der Waals surface area contributed by atoms with Crippen LogP contribution >= 0.6 is 114 Å². The second-order valence-corrected chi connectivity index (χ2v) is 36.5. The summed E-state index contributed by atoms with van der Waals surface area (Å²) in [6.07, 6.45) is -23.9. The maximum absolute atomic E-state index is 15.9. The number of rotatable bonds is 16. The number of aromatic amines is 3. The number of nitrogens with zero attached hydrogens (tertiary/aromatic N) is 4. The number of phosphoric acid groups is 4. The molecule has 7 aromatic rings. The zero-order valence-corrected chi connectivity index (χ0v) is 72.2. The molecule has 12 N–H and O–H groups in total. The Labute approximate surface area is 738 Å². The molecule has 16 rings (SSSR count). The maximum atomic E-state index is 15.9. The molecule has 4 fully saturated rings. The number of aryl methyl sites for hydroxylation is 4. The summed E-state index contributed by atoms with van der Waals surface area (Å²) in [6, 6.07) is 20.2. The van der Waals surface area contributed by atoms with Crippen molar-refractivity contribution in [2.45, 2.75) is 151 Å². The largest absolute Gasteiger partial charge is 0.530 e. The van der Waals surface area contributed by atoms with Crippen molar-refractivity contribution in [3.8, 4) is 23.0 Å². The third kappa shape index (κ3) is 19.5. The molecule has 672 valence electrons. The van der Waals surface area contributed by atoms with E-state index in [1.807, 2.05) is 0 Å². The van der Waals surface area contributed by atoms with Crippen LogP contribution in [-0.2, 0) is 105 Å². The van der Waals surface area contributed by atoms with Crippen LogP contribution in [0.3, 0.4) is 0 Å². The molecule has 20 atom stereocenters. The van der Waals surface area contributed by atoms with Crippen molar-refractivity contribution in [2.75, 3.05) is 26.3 Å². The molecule has 124 heavy (non-hydrogen) atoms. The highest BCUT2D eigenvalue weighted by Crippen LogP contribution is 2.61. The summed E-state index contributed by atoms with van der Waals surface area (Å²) in [5.74, 6) is -14.4. The van der Waals surface area contributed by atoms with Crippen LogP contribution in [0, 0.1) is 42.0 Å². The molecule has 40 nitrogen and oxygen atoms in total. The molecule has 12 heterocycles. The lowest BCUT2D eigenvalue weighted by molar-refractivity contribution is -0.208. The molecular weight excluding hydrogens is 1890 g/mol. The number of amides is 1. The molecule has 0 aliphatic carbocycles. The van der Waals surface area contributed by atoms with Gasteiger partial charge in [0.05, 0.1) is 34.7 Å². The molecule has 0 radical (unpaired) electrons. The standard InChI is InChI=1S/C18H19ClFN2O8P.3C17H17ClFN2O8PS/c1-9-4-3-5-11-7-27-31(26,30-14(9)11)28-8-18(20)15(24)13(23)17(29-18)22-6-12(19)16(25)21-10(22)2;3*1-8-3-2-4-9-6-26-30(25,29-12(8)9)27-7-17(19)13(23)11(22)15(28-17)21-5-10(18)14(24)20-16(21)31/h3-6,13,15,17,23-24H,2,7-8H2,1H3,(H,21,25);3*2-5,11,13,15,22-23H,6-7H2,1H3,(H,20,24,31)/t13-,15+,17-,18-,31?;3*11-,13+,15-,17-,30?/m1111/s1/i8D2,17D;15D;7D2;. The van der Waals surface area contributed by atoms with Gasteiger partial charge in [-0.15, -0.1) is 0 Å². The fourth-order valence-corrected chi connectivity index (χ4v) is 18.6. The summed E-state index contributed by atoms with van der Waals surface area (Å²) < 4.78 is 246. The molecular formula is C69H70Cl4F4N8O32P4S3. The van der Waals surface area contributed by atoms with Gasteiger partial charge >= 0.3 is 31.3 Å². The van der Waals surface area contributed by atoms with Crippen molar-refractivity contribution in [1.82, 2.24) is 38.9 Å². The Balaban J connectivity index is 0.000000148. The van der Waals surface area contributed by atoms with Crippen LogP contribution in [0.5, 0.6) is 23.0 Å². The molecule has 4 aromatic carbocycles. The Bertz CT molecular complexity index is 6360. The molecule has 1 amide bonds. The van der Waals surface area contributed by atoms with E-state index in [2.05, 4.69) is 26.8 Å². The smallest absolute Gasteiger partial charge is 0.403 e. The predicted octanol–water partition coefficient (Wildman–Crippen LogP) is 9.31. The minimum Gasteiger partial charge on any atom is -0.403 e. The van der Waals surface area contributed by atoms with Gasteiger partial charge < -0.3 is 88.1 Å². The minimum atomic E-state index is -4.81. The van der Waals surface area contributed by atoms with Gasteiger partial charge in [0.15, 0.2) is 39.2 Å². The Morgan fingerprint density at radius 2 is 0.774 bits per heavy atom. The first-order valence-electron chi connectivity index (χ1n) is 38.3. The fraction of sp³-hybridized carbons (Fsp3) is 0.406. The van der Waals surface area contributed by atoms with Crippen LogP contribution in [0.1, 0.15) is 71.4 Å². The van der Waals surface area contributed by atoms with Gasteiger partial charge in [-0.25, -0.2) is 35.8 Å². The number of ether oxygens (including phenoxy) is 4. The van der Waals surface area contributed by atoms with Gasteiger partial charge in [0.25, 0.3) is 46.0 Å². The van der Waals surface area contributed by atoms with Crippen molar-refractivity contribution in [3.05, 3.63) is 220 Å². The van der Waals surface area contributed by atoms with Crippen LogP contribution in [-0.4, -0.2) is 185 Å². The first kappa shape index (κ1) is 86.5. The average molecular weight is 1970 g/mol. The fourth-order valence-electron chi connectivity index (χ4n) is 12.3. The van der Waals surface area contributed by atoms with E-state index in [1.165, 1.54) is 0 Å². The van der Waals surface area contributed by atoms with Crippen molar-refractivity contribution in [2.24, 2.45) is 0 Å². The van der Waals surface area contributed by atoms with Gasteiger partial charge in [-0.1, -0.05) is 126 Å². The Morgan fingerprint density at radius 1 is 0.476 bits per heavy atom. The lowest BCUT2D eigenvalue weighted by Crippen LogP contribution is -2.47. The first-order valence-corrected chi connectivity index (χ1v) is 43.9. The van der Waals surface area contributed by atoms with Crippen LogP contribution < -0.4 is 40.1 Å². The zero-order chi connectivity index (χ0) is 95.6. The van der Waals surface area contributed by atoms with E-state index >= 15 is 17.6 Å². The van der Waals surface area contributed by atoms with Crippen LogP contribution in [0.25, 0.3) is 0 Å². The van der Waals surface area contributed by atoms with E-state index in [4.69, 9.17) is 165 Å². The van der Waals surface area contributed by atoms with E-state index in [0.717, 1.165) is 33.9 Å². The number of alkyl halides is 4. The van der Waals surface area contributed by atoms with Crippen LogP contribution in [0.15, 0.2) is 129 Å². The second-order valence-electron chi connectivity index (χ2n) is 27.5. The number of aliphatic hydroxyl groups is 8. The molecule has 9 aliphatic rings. The quantitative estimate of drug-likeness (QED) is 0.0243. The van der Waals surface area contributed by atoms with Gasteiger partial charge in [0, 0.05) is 47.0 Å². The van der Waals surface area contributed by atoms with Gasteiger partial charge in [-0.2, -0.15) is 0 Å². The van der Waals surface area contributed by atoms with Gasteiger partial charge in [0.1, 0.15) is 124 Å². The van der Waals surface area contributed by atoms with Crippen LogP contribution in [0.2, 0.25) is 15.1 Å². The number of H-pyrrole nitrogens is 3. The summed E-state index contributed by atoms with van der Waals surface area (Å²) in [5, 5.41) is 83.2. The summed E-state index contributed by atoms with van der Waals surface area (Å²) in [4.78, 5) is 53.4. The highest BCUT2D eigenvalue weighted by atomic mass is 35.5. The van der Waals surface area contributed by atoms with Gasteiger partial charge in [-0.3, -0.25) is 84.0 Å². The van der Waals surface area contributed by atoms with Crippen molar-refractivity contribution in [3.63, 3.8) is 0 Å². The average Bonchev–Trinajstić information content (AvgIpc) is 1.55. The number of carbonyl (C=O) groups excluding carboxylic acids is 1. The van der Waals surface area contributed by atoms with E-state index in [0.29, 0.717) is 59.7 Å². The molecule has 9 aliphatic heterocycles. The highest BCUT2D eigenvalue weighted by Gasteiger charge is 2.62. The first-order chi connectivity index (χ1) is 60.3. The van der Waals surface area contributed by atoms with Gasteiger partial charge in [-0.05, 0) is 86.6 Å². The van der Waals surface area contributed by atoms with Crippen LogP contribution in [0.4, 0.5) is 17.6 Å². The number of fused-ring (bicyclic) bond motifs is 4. The third-order valence-electron chi connectivity index (χ3n) is 18.8. The molecule has 55 heteroatoms. The van der Waals surface area contributed by atoms with E-state index in [-0.39, 0.29) is 64.1 Å². The summed E-state index contributed by atoms with van der Waals surface area (Å²) in [6.45, 7) is -0.437. The molecule has 0 saturated carbocycles. The number of nitrogens with one attached hydrogen (secondary N) is 4. The SMILES string of the molecule is Cc1cccc2c1OP(=O)(OC[C@@]1(F)O[C@@H](n3cc(Cl)c(=O)[nH]c3=S)[C@H](O)[C@@H]1O)OC2.[2H]C([2H])(OP1(=O)OCc2cccc(C)c2O1)[C@@]1(F)O[C@@H](n2cc(Cl)c(=O)[nH]c2=S)[C@H](O)[C@@H]1O.[2H]C([2H])(OP1(=O)OCc2cccc(C)c2O1)[C@@]1(F)O[C@@]([2H])(N2C=C(Cl)C(=O)NC2=C)[C@H](O)[C@@H]1O.[2H][C@@]1(n2cc(Cl)c(=O)[nH]c2=S)O[C@](F)(COP2(=O)OCc3cccc(C)c3O2)[C@@H](O)[C@H]1O. The number of aliphatic hydroxyl groups excluding tert-OH is 8. The number of phosphoric ester groups is 4. The summed E-state index contributed by atoms with van der Waals surface area (Å²) in [5.41, 5.74) is 2.40.